The van der Waals surface area contributed by atoms with Crippen molar-refractivity contribution < 1.29 is 9.59 Å². The summed E-state index contributed by atoms with van der Waals surface area (Å²) < 4.78 is 0. The summed E-state index contributed by atoms with van der Waals surface area (Å²) in [4.78, 5) is 25.7. The van der Waals surface area contributed by atoms with Gasteiger partial charge in [0, 0.05) is 28.3 Å². The predicted molar refractivity (Wildman–Crippen MR) is 99.0 cm³/mol. The highest BCUT2D eigenvalue weighted by Crippen LogP contribution is 2.27. The van der Waals surface area contributed by atoms with Gasteiger partial charge in [-0.15, -0.1) is 0 Å². The normalized spacial score (nSPS) is 10.4. The number of carbonyl (C=O) groups is 2. The number of anilines is 2. The van der Waals surface area contributed by atoms with E-state index in [1.165, 1.54) is 11.8 Å². The standard InChI is InChI=1S/C18H18Cl2N2O2/c1-11-7-8-14(9-16(11)20)21-18(24)10-22(13(3)23)17-6-4-5-15(19)12(17)2/h4-9H,10H2,1-3H3,(H,21,24). The average molecular weight is 365 g/mol. The third kappa shape index (κ3) is 4.28. The number of benzene rings is 2. The summed E-state index contributed by atoms with van der Waals surface area (Å²) in [6, 6.07) is 10.5. The van der Waals surface area contributed by atoms with E-state index in [1.807, 2.05) is 19.9 Å². The zero-order valence-electron chi connectivity index (χ0n) is 13.7. The highest BCUT2D eigenvalue weighted by atomic mass is 35.5. The van der Waals surface area contributed by atoms with Crippen LogP contribution in [0.25, 0.3) is 0 Å². The third-order valence-corrected chi connectivity index (χ3v) is 4.48. The number of nitrogens with one attached hydrogen (secondary N) is 1. The van der Waals surface area contributed by atoms with Gasteiger partial charge < -0.3 is 10.2 Å². The Morgan fingerprint density at radius 2 is 1.79 bits per heavy atom. The fourth-order valence-electron chi connectivity index (χ4n) is 2.27. The van der Waals surface area contributed by atoms with Crippen molar-refractivity contribution in [3.63, 3.8) is 0 Å². The van der Waals surface area contributed by atoms with Crippen LogP contribution in [-0.4, -0.2) is 18.4 Å². The van der Waals surface area contributed by atoms with Crippen LogP contribution in [0.3, 0.4) is 0 Å². The zero-order chi connectivity index (χ0) is 17.9. The van der Waals surface area contributed by atoms with Crippen LogP contribution >= 0.6 is 23.2 Å². The molecule has 0 unspecified atom stereocenters. The molecule has 0 fully saturated rings. The summed E-state index contributed by atoms with van der Waals surface area (Å²) in [6.07, 6.45) is 0. The number of carbonyl (C=O) groups excluding carboxylic acids is 2. The Bertz CT molecular complexity index is 791. The van der Waals surface area contributed by atoms with Crippen molar-refractivity contribution in [2.75, 3.05) is 16.8 Å². The molecule has 2 amide bonds. The van der Waals surface area contributed by atoms with Gasteiger partial charge in [-0.05, 0) is 49.2 Å². The second-order valence-electron chi connectivity index (χ2n) is 5.50. The Hall–Kier alpha value is -2.04. The van der Waals surface area contributed by atoms with Crippen molar-refractivity contribution >= 4 is 46.4 Å². The van der Waals surface area contributed by atoms with E-state index in [2.05, 4.69) is 5.32 Å². The maximum atomic E-state index is 12.3. The third-order valence-electron chi connectivity index (χ3n) is 3.67. The lowest BCUT2D eigenvalue weighted by Gasteiger charge is -2.23. The first-order valence-corrected chi connectivity index (χ1v) is 8.14. The minimum atomic E-state index is -0.315. The van der Waals surface area contributed by atoms with Gasteiger partial charge in [0.2, 0.25) is 11.8 Å². The largest absolute Gasteiger partial charge is 0.324 e. The molecule has 0 radical (unpaired) electrons. The van der Waals surface area contributed by atoms with Gasteiger partial charge in [-0.25, -0.2) is 0 Å². The van der Waals surface area contributed by atoms with Gasteiger partial charge >= 0.3 is 0 Å². The van der Waals surface area contributed by atoms with Crippen molar-refractivity contribution in [3.05, 3.63) is 57.6 Å². The van der Waals surface area contributed by atoms with Gasteiger partial charge in [0.25, 0.3) is 0 Å². The van der Waals surface area contributed by atoms with Gasteiger partial charge in [0.1, 0.15) is 6.54 Å². The summed E-state index contributed by atoms with van der Waals surface area (Å²) >= 11 is 12.2. The molecule has 0 heterocycles. The molecule has 0 aliphatic carbocycles. The molecule has 2 aromatic rings. The number of nitrogens with zero attached hydrogens (tertiary/aromatic N) is 1. The second-order valence-corrected chi connectivity index (χ2v) is 6.32. The Morgan fingerprint density at radius 3 is 2.42 bits per heavy atom. The number of hydrogen-bond donors (Lipinski definition) is 1. The first-order valence-electron chi connectivity index (χ1n) is 7.39. The van der Waals surface area contributed by atoms with E-state index in [0.29, 0.717) is 21.4 Å². The summed E-state index contributed by atoms with van der Waals surface area (Å²) in [5.41, 5.74) is 2.88. The van der Waals surface area contributed by atoms with E-state index >= 15 is 0 Å². The molecule has 0 bridgehead atoms. The first kappa shape index (κ1) is 18.3. The van der Waals surface area contributed by atoms with Crippen LogP contribution in [0.15, 0.2) is 36.4 Å². The fraction of sp³-hybridized carbons (Fsp3) is 0.222. The molecule has 0 aliphatic heterocycles. The van der Waals surface area contributed by atoms with E-state index in [-0.39, 0.29) is 18.4 Å². The first-order chi connectivity index (χ1) is 11.3. The molecule has 2 aromatic carbocycles. The molecule has 2 rings (SSSR count). The summed E-state index contributed by atoms with van der Waals surface area (Å²) in [5.74, 6) is -0.554. The number of halogens is 2. The molecular formula is C18H18Cl2N2O2. The lowest BCUT2D eigenvalue weighted by atomic mass is 10.1. The van der Waals surface area contributed by atoms with E-state index < -0.39 is 0 Å². The van der Waals surface area contributed by atoms with Crippen molar-refractivity contribution in [1.82, 2.24) is 0 Å². The molecule has 6 heteroatoms. The maximum absolute atomic E-state index is 12.3. The van der Waals surface area contributed by atoms with Crippen LogP contribution < -0.4 is 10.2 Å². The topological polar surface area (TPSA) is 49.4 Å². The highest BCUT2D eigenvalue weighted by Gasteiger charge is 2.18. The lowest BCUT2D eigenvalue weighted by Crippen LogP contribution is -2.37. The Kier molecular flexibility index (Phi) is 5.86. The molecule has 24 heavy (non-hydrogen) atoms. The average Bonchev–Trinajstić information content (AvgIpc) is 2.51. The molecular weight excluding hydrogens is 347 g/mol. The Labute approximate surface area is 151 Å². The number of hydrogen-bond acceptors (Lipinski definition) is 2. The maximum Gasteiger partial charge on any atom is 0.244 e. The number of rotatable bonds is 4. The fourth-order valence-corrected chi connectivity index (χ4v) is 2.62. The van der Waals surface area contributed by atoms with Gasteiger partial charge in [-0.1, -0.05) is 35.3 Å². The van der Waals surface area contributed by atoms with Crippen LogP contribution in [0.4, 0.5) is 11.4 Å². The lowest BCUT2D eigenvalue weighted by molar-refractivity contribution is -0.120. The molecule has 4 nitrogen and oxygen atoms in total. The van der Waals surface area contributed by atoms with Gasteiger partial charge in [0.15, 0.2) is 0 Å². The highest BCUT2D eigenvalue weighted by molar-refractivity contribution is 6.32. The molecule has 0 aliphatic rings. The van der Waals surface area contributed by atoms with Crippen LogP contribution in [0, 0.1) is 13.8 Å². The van der Waals surface area contributed by atoms with Gasteiger partial charge in [-0.2, -0.15) is 0 Å². The second kappa shape index (κ2) is 7.69. The smallest absolute Gasteiger partial charge is 0.244 e. The van der Waals surface area contributed by atoms with Crippen LogP contribution in [0.1, 0.15) is 18.1 Å². The Morgan fingerprint density at radius 1 is 1.08 bits per heavy atom. The number of amides is 2. The molecule has 0 aromatic heterocycles. The summed E-state index contributed by atoms with van der Waals surface area (Å²) in [6.45, 7) is 5.00. The summed E-state index contributed by atoms with van der Waals surface area (Å²) in [5, 5.41) is 3.87. The SMILES string of the molecule is CC(=O)N(CC(=O)Nc1ccc(C)c(Cl)c1)c1cccc(Cl)c1C. The minimum Gasteiger partial charge on any atom is -0.324 e. The molecule has 0 spiro atoms. The molecule has 0 saturated carbocycles. The van der Waals surface area contributed by atoms with E-state index in [9.17, 15) is 9.59 Å². The van der Waals surface area contributed by atoms with Gasteiger partial charge in [-0.3, -0.25) is 9.59 Å². The van der Waals surface area contributed by atoms with E-state index in [0.717, 1.165) is 11.1 Å². The number of aryl methyl sites for hydroxylation is 1. The Balaban J connectivity index is 2.18. The molecule has 1 N–H and O–H groups in total. The predicted octanol–water partition coefficient (Wildman–Crippen LogP) is 4.60. The zero-order valence-corrected chi connectivity index (χ0v) is 15.2. The summed E-state index contributed by atoms with van der Waals surface area (Å²) in [7, 11) is 0. The van der Waals surface area contributed by atoms with Crippen molar-refractivity contribution in [1.29, 1.82) is 0 Å². The van der Waals surface area contributed by atoms with E-state index in [1.54, 1.807) is 30.3 Å². The van der Waals surface area contributed by atoms with Crippen molar-refractivity contribution in [2.45, 2.75) is 20.8 Å². The van der Waals surface area contributed by atoms with Crippen LogP contribution in [-0.2, 0) is 9.59 Å². The van der Waals surface area contributed by atoms with Crippen molar-refractivity contribution in [2.24, 2.45) is 0 Å². The van der Waals surface area contributed by atoms with Crippen molar-refractivity contribution in [3.8, 4) is 0 Å². The monoisotopic (exact) mass is 364 g/mol. The van der Waals surface area contributed by atoms with Gasteiger partial charge in [0.05, 0.1) is 0 Å². The van der Waals surface area contributed by atoms with Crippen LogP contribution in [0.2, 0.25) is 10.0 Å². The quantitative estimate of drug-likeness (QED) is 0.861. The molecule has 0 atom stereocenters. The van der Waals surface area contributed by atoms with Crippen LogP contribution in [0.5, 0.6) is 0 Å². The molecule has 126 valence electrons. The minimum absolute atomic E-state index is 0.109. The molecule has 0 saturated heterocycles. The van der Waals surface area contributed by atoms with E-state index in [4.69, 9.17) is 23.2 Å².